The molecule has 0 saturated carbocycles. The molecule has 0 fully saturated rings. The Morgan fingerprint density at radius 1 is 1.18 bits per heavy atom. The number of carbonyl (C=O) groups excluding carboxylic acids is 1. The molecular weight excluding hydrogens is 276 g/mol. The normalized spacial score (nSPS) is 12.4. The van der Waals surface area contributed by atoms with Crippen LogP contribution < -0.4 is 0 Å². The van der Waals surface area contributed by atoms with Crippen LogP contribution in [0.5, 0.6) is 0 Å². The molecule has 0 aromatic heterocycles. The molecule has 0 saturated heterocycles. The average Bonchev–Trinajstić information content (AvgIpc) is 2.32. The lowest BCUT2D eigenvalue weighted by Crippen LogP contribution is -2.17. The van der Waals surface area contributed by atoms with Crippen molar-refractivity contribution in [2.45, 2.75) is 50.8 Å². The van der Waals surface area contributed by atoms with E-state index in [1.165, 1.54) is 11.1 Å². The second-order valence-electron chi connectivity index (χ2n) is 4.41. The zero-order valence-electron chi connectivity index (χ0n) is 10.7. The highest BCUT2D eigenvalue weighted by Crippen LogP contribution is 2.18. The van der Waals surface area contributed by atoms with E-state index in [0.29, 0.717) is 12.2 Å². The molecule has 1 unspecified atom stereocenters. The van der Waals surface area contributed by atoms with Gasteiger partial charge in [-0.2, -0.15) is 0 Å². The number of carbonyl (C=O) groups is 1. The molecule has 0 N–H and O–H groups in total. The van der Waals surface area contributed by atoms with Crippen LogP contribution in [-0.4, -0.2) is 10.6 Å². The molecular formula is C15H21BrO. The first-order valence-corrected chi connectivity index (χ1v) is 7.34. The third kappa shape index (κ3) is 4.63. The molecule has 1 atom stereocenters. The third-order valence-corrected chi connectivity index (χ3v) is 3.72. The average molecular weight is 297 g/mol. The summed E-state index contributed by atoms with van der Waals surface area (Å²) in [6, 6.07) is 8.44. The summed E-state index contributed by atoms with van der Waals surface area (Å²) in [4.78, 5) is 11.7. The fourth-order valence-electron chi connectivity index (χ4n) is 1.98. The van der Waals surface area contributed by atoms with E-state index in [1.54, 1.807) is 0 Å². The van der Waals surface area contributed by atoms with Gasteiger partial charge in [0.2, 0.25) is 0 Å². The van der Waals surface area contributed by atoms with Gasteiger partial charge in [-0.3, -0.25) is 4.79 Å². The molecule has 0 radical (unpaired) electrons. The van der Waals surface area contributed by atoms with E-state index >= 15 is 0 Å². The minimum absolute atomic E-state index is 0.0274. The van der Waals surface area contributed by atoms with E-state index in [4.69, 9.17) is 0 Å². The summed E-state index contributed by atoms with van der Waals surface area (Å²) >= 11 is 3.52. The van der Waals surface area contributed by atoms with Crippen molar-refractivity contribution in [3.8, 4) is 0 Å². The number of rotatable bonds is 7. The van der Waals surface area contributed by atoms with E-state index in [-0.39, 0.29) is 4.83 Å². The molecule has 17 heavy (non-hydrogen) atoms. The van der Waals surface area contributed by atoms with Crippen molar-refractivity contribution in [2.24, 2.45) is 0 Å². The number of halogens is 1. The van der Waals surface area contributed by atoms with E-state index in [1.807, 2.05) is 6.92 Å². The molecule has 1 rings (SSSR count). The first kappa shape index (κ1) is 14.4. The Morgan fingerprint density at radius 3 is 2.41 bits per heavy atom. The van der Waals surface area contributed by atoms with Crippen LogP contribution in [-0.2, 0) is 17.6 Å². The summed E-state index contributed by atoms with van der Waals surface area (Å²) in [6.45, 7) is 4.23. The predicted octanol–water partition coefficient (Wildman–Crippen LogP) is 4.31. The van der Waals surface area contributed by atoms with Crippen LogP contribution in [0.1, 0.15) is 44.2 Å². The predicted molar refractivity (Wildman–Crippen MR) is 76.8 cm³/mol. The van der Waals surface area contributed by atoms with Gasteiger partial charge in [0, 0.05) is 6.42 Å². The van der Waals surface area contributed by atoms with Gasteiger partial charge in [0.25, 0.3) is 0 Å². The SMILES string of the molecule is CCCC(=O)C(Br)Cc1ccccc1CCC. The monoisotopic (exact) mass is 296 g/mol. The zero-order chi connectivity index (χ0) is 12.7. The highest BCUT2D eigenvalue weighted by molar-refractivity contribution is 9.10. The molecule has 1 nitrogen and oxygen atoms in total. The Balaban J connectivity index is 2.70. The van der Waals surface area contributed by atoms with Crippen LogP contribution in [0, 0.1) is 0 Å². The number of alkyl halides is 1. The molecule has 0 aliphatic carbocycles. The lowest BCUT2D eigenvalue weighted by Gasteiger charge is -2.12. The second kappa shape index (κ2) is 7.65. The van der Waals surface area contributed by atoms with Crippen LogP contribution in [0.3, 0.4) is 0 Å². The van der Waals surface area contributed by atoms with E-state index in [0.717, 1.165) is 25.7 Å². The Labute approximate surface area is 113 Å². The fourth-order valence-corrected chi connectivity index (χ4v) is 2.56. The topological polar surface area (TPSA) is 17.1 Å². The zero-order valence-corrected chi connectivity index (χ0v) is 12.3. The van der Waals surface area contributed by atoms with Gasteiger partial charge < -0.3 is 0 Å². The van der Waals surface area contributed by atoms with Crippen molar-refractivity contribution < 1.29 is 4.79 Å². The van der Waals surface area contributed by atoms with Crippen molar-refractivity contribution in [3.05, 3.63) is 35.4 Å². The van der Waals surface area contributed by atoms with Crippen molar-refractivity contribution in [1.82, 2.24) is 0 Å². The number of benzene rings is 1. The molecule has 0 aliphatic heterocycles. The highest BCUT2D eigenvalue weighted by atomic mass is 79.9. The largest absolute Gasteiger partial charge is 0.298 e. The lowest BCUT2D eigenvalue weighted by molar-refractivity contribution is -0.118. The molecule has 1 aromatic rings. The van der Waals surface area contributed by atoms with Gasteiger partial charge in [-0.25, -0.2) is 0 Å². The standard InChI is InChI=1S/C15H21BrO/c1-3-7-12-9-5-6-10-13(12)11-14(16)15(17)8-4-2/h5-6,9-10,14H,3-4,7-8,11H2,1-2H3. The molecule has 2 heteroatoms. The maximum absolute atomic E-state index is 11.8. The van der Waals surface area contributed by atoms with Gasteiger partial charge in [0.15, 0.2) is 0 Å². The number of Topliss-reactive ketones (excluding diaryl/α,β-unsaturated/α-hetero) is 1. The van der Waals surface area contributed by atoms with E-state index < -0.39 is 0 Å². The van der Waals surface area contributed by atoms with Gasteiger partial charge in [0.1, 0.15) is 5.78 Å². The van der Waals surface area contributed by atoms with Crippen LogP contribution in [0.2, 0.25) is 0 Å². The summed E-state index contributed by atoms with van der Waals surface area (Å²) in [7, 11) is 0. The minimum atomic E-state index is -0.0274. The van der Waals surface area contributed by atoms with Crippen LogP contribution in [0.4, 0.5) is 0 Å². The van der Waals surface area contributed by atoms with Crippen molar-refractivity contribution in [2.75, 3.05) is 0 Å². The lowest BCUT2D eigenvalue weighted by atomic mass is 9.98. The summed E-state index contributed by atoms with van der Waals surface area (Å²) in [5.41, 5.74) is 2.68. The molecule has 0 heterocycles. The van der Waals surface area contributed by atoms with Crippen LogP contribution >= 0.6 is 15.9 Å². The molecule has 0 spiro atoms. The van der Waals surface area contributed by atoms with Crippen molar-refractivity contribution in [3.63, 3.8) is 0 Å². The fraction of sp³-hybridized carbons (Fsp3) is 0.533. The highest BCUT2D eigenvalue weighted by Gasteiger charge is 2.15. The Hall–Kier alpha value is -0.630. The van der Waals surface area contributed by atoms with E-state index in [2.05, 4.69) is 47.1 Å². The molecule has 0 amide bonds. The van der Waals surface area contributed by atoms with Gasteiger partial charge >= 0.3 is 0 Å². The second-order valence-corrected chi connectivity index (χ2v) is 5.51. The Kier molecular flexibility index (Phi) is 6.49. The van der Waals surface area contributed by atoms with E-state index in [9.17, 15) is 4.79 Å². The molecule has 94 valence electrons. The summed E-state index contributed by atoms with van der Waals surface area (Å²) in [5, 5.41) is 0. The minimum Gasteiger partial charge on any atom is -0.298 e. The van der Waals surface area contributed by atoms with Gasteiger partial charge in [-0.05, 0) is 30.4 Å². The summed E-state index contributed by atoms with van der Waals surface area (Å²) in [5.74, 6) is 0.318. The van der Waals surface area contributed by atoms with Crippen molar-refractivity contribution in [1.29, 1.82) is 0 Å². The maximum Gasteiger partial charge on any atom is 0.146 e. The quantitative estimate of drug-likeness (QED) is 0.685. The first-order valence-electron chi connectivity index (χ1n) is 6.42. The Bertz CT molecular complexity index is 360. The third-order valence-electron chi connectivity index (χ3n) is 2.88. The van der Waals surface area contributed by atoms with Crippen LogP contribution in [0.25, 0.3) is 0 Å². The van der Waals surface area contributed by atoms with Crippen LogP contribution in [0.15, 0.2) is 24.3 Å². The summed E-state index contributed by atoms with van der Waals surface area (Å²) < 4.78 is 0. The number of aryl methyl sites for hydroxylation is 1. The molecule has 0 aliphatic rings. The number of hydrogen-bond donors (Lipinski definition) is 0. The number of ketones is 1. The summed E-state index contributed by atoms with van der Waals surface area (Å²) in [6.07, 6.45) is 4.66. The molecule has 1 aromatic carbocycles. The Morgan fingerprint density at radius 2 is 1.82 bits per heavy atom. The maximum atomic E-state index is 11.8. The molecule has 0 bridgehead atoms. The smallest absolute Gasteiger partial charge is 0.146 e. The van der Waals surface area contributed by atoms with Gasteiger partial charge in [-0.15, -0.1) is 0 Å². The number of hydrogen-bond acceptors (Lipinski definition) is 1. The van der Waals surface area contributed by atoms with Gasteiger partial charge in [0.05, 0.1) is 4.83 Å². The first-order chi connectivity index (χ1) is 8.19. The van der Waals surface area contributed by atoms with Gasteiger partial charge in [-0.1, -0.05) is 60.5 Å². The van der Waals surface area contributed by atoms with Crippen molar-refractivity contribution >= 4 is 21.7 Å².